The van der Waals surface area contributed by atoms with Crippen molar-refractivity contribution in [3.63, 3.8) is 0 Å². The maximum absolute atomic E-state index is 11.9. The number of nitrogens with zero attached hydrogens (tertiary/aromatic N) is 3. The molecular formula is C10H13N3O3. The first kappa shape index (κ1) is 10.7. The fraction of sp³-hybridized carbons (Fsp3) is 0.500. The molecule has 1 aromatic heterocycles. The number of hydrogen-bond donors (Lipinski definition) is 1. The highest BCUT2D eigenvalue weighted by atomic mass is 16.4. The number of carboxylic acids is 1. The van der Waals surface area contributed by atoms with Crippen molar-refractivity contribution in [2.24, 2.45) is 5.92 Å². The molecule has 0 unspecified atom stereocenters. The molecule has 1 atom stereocenters. The average Bonchev–Trinajstić information content (AvgIpc) is 2.53. The summed E-state index contributed by atoms with van der Waals surface area (Å²) in [6.45, 7) is 3.79. The first-order chi connectivity index (χ1) is 7.49. The van der Waals surface area contributed by atoms with Gasteiger partial charge in [-0.1, -0.05) is 6.92 Å². The van der Waals surface area contributed by atoms with Gasteiger partial charge in [-0.25, -0.2) is 4.68 Å². The van der Waals surface area contributed by atoms with Gasteiger partial charge in [-0.05, 0) is 6.92 Å². The number of carboxylic acid groups (broad SMARTS) is 1. The van der Waals surface area contributed by atoms with Gasteiger partial charge >= 0.3 is 5.97 Å². The van der Waals surface area contributed by atoms with Crippen LogP contribution in [0.1, 0.15) is 12.6 Å². The zero-order chi connectivity index (χ0) is 11.9. The molecule has 0 bridgehead atoms. The molecule has 16 heavy (non-hydrogen) atoms. The number of aromatic nitrogens is 2. The largest absolute Gasteiger partial charge is 0.480 e. The van der Waals surface area contributed by atoms with Crippen molar-refractivity contribution < 1.29 is 14.7 Å². The smallest absolute Gasteiger partial charge is 0.323 e. The summed E-state index contributed by atoms with van der Waals surface area (Å²) in [6.07, 6.45) is 0. The number of hydrogen-bond acceptors (Lipinski definition) is 3. The lowest BCUT2D eigenvalue weighted by molar-refractivity contribution is -0.137. The van der Waals surface area contributed by atoms with E-state index in [-0.39, 0.29) is 18.4 Å². The summed E-state index contributed by atoms with van der Waals surface area (Å²) in [5.41, 5.74) is 0.785. The number of anilines is 1. The SMILES string of the molecule is Cc1cc2n(n1)C[C@@H](C)C(=O)N2CC(=O)O. The normalized spacial score (nSPS) is 19.8. The zero-order valence-electron chi connectivity index (χ0n) is 9.17. The molecule has 1 aliphatic heterocycles. The summed E-state index contributed by atoms with van der Waals surface area (Å²) in [4.78, 5) is 23.8. The van der Waals surface area contributed by atoms with Crippen LogP contribution in [0.5, 0.6) is 0 Å². The highest BCUT2D eigenvalue weighted by Gasteiger charge is 2.32. The summed E-state index contributed by atoms with van der Waals surface area (Å²) >= 11 is 0. The minimum absolute atomic E-state index is 0.158. The molecule has 0 saturated carbocycles. The number of amides is 1. The van der Waals surface area contributed by atoms with Crippen molar-refractivity contribution in [2.45, 2.75) is 20.4 Å². The van der Waals surface area contributed by atoms with Crippen LogP contribution < -0.4 is 4.90 Å². The lowest BCUT2D eigenvalue weighted by atomic mass is 10.1. The lowest BCUT2D eigenvalue weighted by Crippen LogP contribution is -2.45. The molecule has 0 radical (unpaired) electrons. The van der Waals surface area contributed by atoms with Gasteiger partial charge in [0.25, 0.3) is 0 Å². The second-order valence-corrected chi connectivity index (χ2v) is 4.05. The van der Waals surface area contributed by atoms with E-state index in [1.807, 2.05) is 6.92 Å². The summed E-state index contributed by atoms with van der Waals surface area (Å²) in [5, 5.41) is 13.0. The Morgan fingerprint density at radius 1 is 1.69 bits per heavy atom. The van der Waals surface area contributed by atoms with E-state index in [2.05, 4.69) is 5.10 Å². The second kappa shape index (κ2) is 3.62. The quantitative estimate of drug-likeness (QED) is 0.780. The molecule has 2 rings (SSSR count). The first-order valence-corrected chi connectivity index (χ1v) is 5.06. The van der Waals surface area contributed by atoms with Crippen LogP contribution >= 0.6 is 0 Å². The van der Waals surface area contributed by atoms with Crippen LogP contribution in [0.3, 0.4) is 0 Å². The standard InChI is InChI=1S/C10H13N3O3/c1-6-4-13-8(3-7(2)11-13)12(10(6)16)5-9(14)15/h3,6H,4-5H2,1-2H3,(H,14,15)/t6-/m1/s1. The first-order valence-electron chi connectivity index (χ1n) is 5.06. The summed E-state index contributed by atoms with van der Waals surface area (Å²) < 4.78 is 1.68. The molecule has 1 amide bonds. The minimum Gasteiger partial charge on any atom is -0.480 e. The molecule has 86 valence electrons. The molecule has 0 aromatic carbocycles. The Labute approximate surface area is 92.5 Å². The van der Waals surface area contributed by atoms with Crippen molar-refractivity contribution in [1.29, 1.82) is 0 Å². The number of fused-ring (bicyclic) bond motifs is 1. The molecule has 0 spiro atoms. The zero-order valence-corrected chi connectivity index (χ0v) is 9.17. The fourth-order valence-corrected chi connectivity index (χ4v) is 1.89. The Hall–Kier alpha value is -1.85. The van der Waals surface area contributed by atoms with Crippen LogP contribution in [0, 0.1) is 12.8 Å². The van der Waals surface area contributed by atoms with Crippen LogP contribution in [0.25, 0.3) is 0 Å². The summed E-state index contributed by atoms with van der Waals surface area (Å²) in [5.74, 6) is -0.836. The molecule has 0 aliphatic carbocycles. The van der Waals surface area contributed by atoms with Gasteiger partial charge in [0.2, 0.25) is 5.91 Å². The van der Waals surface area contributed by atoms with E-state index < -0.39 is 5.97 Å². The molecule has 0 saturated heterocycles. The van der Waals surface area contributed by atoms with Crippen molar-refractivity contribution in [1.82, 2.24) is 9.78 Å². The number of rotatable bonds is 2. The summed E-state index contributed by atoms with van der Waals surface area (Å²) in [6, 6.07) is 1.73. The Kier molecular flexibility index (Phi) is 2.41. The van der Waals surface area contributed by atoms with Gasteiger partial charge in [-0.15, -0.1) is 0 Å². The fourth-order valence-electron chi connectivity index (χ4n) is 1.89. The van der Waals surface area contributed by atoms with Crippen molar-refractivity contribution in [2.75, 3.05) is 11.4 Å². The minimum atomic E-state index is -1.02. The highest BCUT2D eigenvalue weighted by molar-refractivity contribution is 5.98. The van der Waals surface area contributed by atoms with E-state index in [1.165, 1.54) is 4.90 Å². The second-order valence-electron chi connectivity index (χ2n) is 4.05. The maximum Gasteiger partial charge on any atom is 0.323 e. The topological polar surface area (TPSA) is 75.4 Å². The van der Waals surface area contributed by atoms with Gasteiger partial charge < -0.3 is 5.11 Å². The lowest BCUT2D eigenvalue weighted by Gasteiger charge is -2.29. The predicted molar refractivity (Wildman–Crippen MR) is 56.1 cm³/mol. The summed E-state index contributed by atoms with van der Waals surface area (Å²) in [7, 11) is 0. The van der Waals surface area contributed by atoms with Crippen LogP contribution in [-0.4, -0.2) is 33.3 Å². The molecule has 1 aliphatic rings. The highest BCUT2D eigenvalue weighted by Crippen LogP contribution is 2.24. The predicted octanol–water partition coefficient (Wildman–Crippen LogP) is 0.259. The maximum atomic E-state index is 11.9. The van der Waals surface area contributed by atoms with Crippen LogP contribution in [0.4, 0.5) is 5.82 Å². The average molecular weight is 223 g/mol. The molecule has 0 fully saturated rings. The Morgan fingerprint density at radius 2 is 2.38 bits per heavy atom. The Balaban J connectivity index is 2.41. The van der Waals surface area contributed by atoms with Crippen LogP contribution in [0.15, 0.2) is 6.07 Å². The van der Waals surface area contributed by atoms with Gasteiger partial charge in [0.05, 0.1) is 18.2 Å². The van der Waals surface area contributed by atoms with Gasteiger partial charge in [0.15, 0.2) is 0 Å². The van der Waals surface area contributed by atoms with Gasteiger partial charge in [-0.3, -0.25) is 14.5 Å². The number of aryl methyl sites for hydroxylation is 1. The van der Waals surface area contributed by atoms with Gasteiger partial charge in [-0.2, -0.15) is 5.10 Å². The molecule has 1 aromatic rings. The molecule has 1 N–H and O–H groups in total. The van der Waals surface area contributed by atoms with Crippen LogP contribution in [-0.2, 0) is 16.1 Å². The third-order valence-corrected chi connectivity index (χ3v) is 2.59. The van der Waals surface area contributed by atoms with Gasteiger partial charge in [0, 0.05) is 6.07 Å². The van der Waals surface area contributed by atoms with E-state index in [4.69, 9.17) is 5.11 Å². The molecular weight excluding hydrogens is 210 g/mol. The van der Waals surface area contributed by atoms with Crippen molar-refractivity contribution in [3.8, 4) is 0 Å². The van der Waals surface area contributed by atoms with E-state index in [0.717, 1.165) is 5.69 Å². The third kappa shape index (κ3) is 1.66. The Bertz CT molecular complexity index is 452. The third-order valence-electron chi connectivity index (χ3n) is 2.59. The van der Waals surface area contributed by atoms with E-state index >= 15 is 0 Å². The monoisotopic (exact) mass is 223 g/mol. The van der Waals surface area contributed by atoms with Crippen molar-refractivity contribution >= 4 is 17.7 Å². The van der Waals surface area contributed by atoms with E-state index in [1.54, 1.807) is 17.7 Å². The van der Waals surface area contributed by atoms with Crippen molar-refractivity contribution in [3.05, 3.63) is 11.8 Å². The van der Waals surface area contributed by atoms with E-state index in [0.29, 0.717) is 12.4 Å². The molecule has 2 heterocycles. The number of carbonyl (C=O) groups excluding carboxylic acids is 1. The Morgan fingerprint density at radius 3 is 3.00 bits per heavy atom. The molecule has 6 heteroatoms. The van der Waals surface area contributed by atoms with Crippen LogP contribution in [0.2, 0.25) is 0 Å². The number of aliphatic carboxylic acids is 1. The van der Waals surface area contributed by atoms with E-state index in [9.17, 15) is 9.59 Å². The van der Waals surface area contributed by atoms with Gasteiger partial charge in [0.1, 0.15) is 12.4 Å². The molecule has 6 nitrogen and oxygen atoms in total. The number of carbonyl (C=O) groups is 2.